The van der Waals surface area contributed by atoms with Crippen LogP contribution in [0.25, 0.3) is 0 Å². The van der Waals surface area contributed by atoms with Gasteiger partial charge in [0, 0.05) is 18.6 Å². The van der Waals surface area contributed by atoms with E-state index in [0.29, 0.717) is 0 Å². The number of hydrogen-bond acceptors (Lipinski definition) is 2. The summed E-state index contributed by atoms with van der Waals surface area (Å²) in [5, 5.41) is 3.51. The number of nitrogens with one attached hydrogen (secondary N) is 1. The zero-order valence-electron chi connectivity index (χ0n) is 8.21. The van der Waals surface area contributed by atoms with Crippen LogP contribution in [0.15, 0.2) is 0 Å². The lowest BCUT2D eigenvalue weighted by molar-refractivity contribution is 0.258. The molecule has 2 unspecified atom stereocenters. The van der Waals surface area contributed by atoms with Gasteiger partial charge in [0.05, 0.1) is 0 Å². The fourth-order valence-corrected chi connectivity index (χ4v) is 2.20. The molecule has 1 saturated heterocycles. The molecule has 1 aliphatic carbocycles. The summed E-state index contributed by atoms with van der Waals surface area (Å²) in [4.78, 5) is 2.55. The van der Waals surface area contributed by atoms with Crippen LogP contribution >= 0.6 is 0 Å². The predicted molar refractivity (Wildman–Crippen MR) is 51.2 cm³/mol. The molecule has 70 valence electrons. The van der Waals surface area contributed by atoms with Gasteiger partial charge in [-0.05, 0) is 45.7 Å². The van der Waals surface area contributed by atoms with Crippen molar-refractivity contribution in [1.82, 2.24) is 10.2 Å². The van der Waals surface area contributed by atoms with Gasteiger partial charge >= 0.3 is 0 Å². The summed E-state index contributed by atoms with van der Waals surface area (Å²) < 4.78 is 0. The molecular weight excluding hydrogens is 148 g/mol. The maximum Gasteiger partial charge on any atom is 0.00934 e. The minimum absolute atomic E-state index is 0.742. The topological polar surface area (TPSA) is 15.3 Å². The Kier molecular flexibility index (Phi) is 2.37. The van der Waals surface area contributed by atoms with Crippen molar-refractivity contribution in [3.05, 3.63) is 0 Å². The number of rotatable bonds is 3. The first kappa shape index (κ1) is 8.52. The van der Waals surface area contributed by atoms with Gasteiger partial charge in [-0.25, -0.2) is 0 Å². The van der Waals surface area contributed by atoms with E-state index in [0.717, 1.165) is 18.0 Å². The molecule has 0 spiro atoms. The van der Waals surface area contributed by atoms with E-state index in [1.807, 2.05) is 0 Å². The molecule has 2 heteroatoms. The van der Waals surface area contributed by atoms with Gasteiger partial charge in [-0.3, -0.25) is 0 Å². The molecule has 12 heavy (non-hydrogen) atoms. The Morgan fingerprint density at radius 3 is 2.58 bits per heavy atom. The molecule has 1 saturated carbocycles. The molecule has 0 aromatic heterocycles. The van der Waals surface area contributed by atoms with Crippen molar-refractivity contribution in [1.29, 1.82) is 0 Å². The highest BCUT2D eigenvalue weighted by Crippen LogP contribution is 2.27. The van der Waals surface area contributed by atoms with Crippen molar-refractivity contribution in [2.45, 2.75) is 38.3 Å². The van der Waals surface area contributed by atoms with Crippen molar-refractivity contribution >= 4 is 0 Å². The van der Waals surface area contributed by atoms with Gasteiger partial charge in [0.15, 0.2) is 0 Å². The Morgan fingerprint density at radius 1 is 1.33 bits per heavy atom. The van der Waals surface area contributed by atoms with Gasteiger partial charge in [0.1, 0.15) is 0 Å². The maximum atomic E-state index is 3.51. The molecule has 2 aliphatic rings. The van der Waals surface area contributed by atoms with Crippen LogP contribution in [0.1, 0.15) is 26.2 Å². The molecule has 1 aliphatic heterocycles. The Hall–Kier alpha value is -0.0800. The lowest BCUT2D eigenvalue weighted by atomic mass is 10.0. The predicted octanol–water partition coefficient (Wildman–Crippen LogP) is 1.08. The Bertz CT molecular complexity index is 154. The Balaban J connectivity index is 1.76. The Morgan fingerprint density at radius 2 is 2.08 bits per heavy atom. The molecule has 2 rings (SSSR count). The largest absolute Gasteiger partial charge is 0.314 e. The van der Waals surface area contributed by atoms with E-state index >= 15 is 0 Å². The first-order valence-corrected chi connectivity index (χ1v) is 5.21. The summed E-state index contributed by atoms with van der Waals surface area (Å²) in [6.07, 6.45) is 4.24. The average Bonchev–Trinajstić information content (AvgIpc) is 2.80. The smallest absolute Gasteiger partial charge is 0.00934 e. The van der Waals surface area contributed by atoms with E-state index < -0.39 is 0 Å². The molecule has 2 nitrogen and oxygen atoms in total. The normalized spacial score (nSPS) is 36.2. The van der Waals surface area contributed by atoms with Gasteiger partial charge in [-0.15, -0.1) is 0 Å². The van der Waals surface area contributed by atoms with Crippen molar-refractivity contribution in [3.63, 3.8) is 0 Å². The van der Waals surface area contributed by atoms with Crippen molar-refractivity contribution in [2.24, 2.45) is 5.92 Å². The van der Waals surface area contributed by atoms with E-state index in [9.17, 15) is 0 Å². The molecule has 1 heterocycles. The first-order valence-electron chi connectivity index (χ1n) is 5.21. The van der Waals surface area contributed by atoms with Crippen molar-refractivity contribution in [2.75, 3.05) is 20.1 Å². The van der Waals surface area contributed by atoms with Crippen LogP contribution in [0.5, 0.6) is 0 Å². The molecule has 2 atom stereocenters. The molecule has 0 aromatic rings. The summed E-state index contributed by atoms with van der Waals surface area (Å²) >= 11 is 0. The second kappa shape index (κ2) is 3.35. The first-order chi connectivity index (χ1) is 5.77. The van der Waals surface area contributed by atoms with Crippen LogP contribution in [0.2, 0.25) is 0 Å². The van der Waals surface area contributed by atoms with Gasteiger partial charge in [0.2, 0.25) is 0 Å². The van der Waals surface area contributed by atoms with Gasteiger partial charge < -0.3 is 10.2 Å². The summed E-state index contributed by atoms with van der Waals surface area (Å²) in [5.74, 6) is 0.899. The maximum absolute atomic E-state index is 3.51. The molecule has 1 N–H and O–H groups in total. The Labute approximate surface area is 75.3 Å². The van der Waals surface area contributed by atoms with Crippen molar-refractivity contribution < 1.29 is 0 Å². The van der Waals surface area contributed by atoms with E-state index in [1.165, 1.54) is 32.4 Å². The monoisotopic (exact) mass is 168 g/mol. The molecule has 0 radical (unpaired) electrons. The lowest BCUT2D eigenvalue weighted by Gasteiger charge is -2.22. The summed E-state index contributed by atoms with van der Waals surface area (Å²) in [5.41, 5.74) is 0. The van der Waals surface area contributed by atoms with E-state index in [4.69, 9.17) is 0 Å². The fourth-order valence-electron chi connectivity index (χ4n) is 2.20. The zero-order valence-corrected chi connectivity index (χ0v) is 8.21. The average molecular weight is 168 g/mol. The molecular formula is C10H20N2. The highest BCUT2D eigenvalue weighted by Gasteiger charge is 2.30. The van der Waals surface area contributed by atoms with Gasteiger partial charge in [0.25, 0.3) is 0 Å². The highest BCUT2D eigenvalue weighted by molar-refractivity contribution is 4.87. The van der Waals surface area contributed by atoms with Gasteiger partial charge in [-0.1, -0.05) is 0 Å². The van der Waals surface area contributed by atoms with Gasteiger partial charge in [-0.2, -0.15) is 0 Å². The quantitative estimate of drug-likeness (QED) is 0.678. The van der Waals surface area contributed by atoms with E-state index in [-0.39, 0.29) is 0 Å². The lowest BCUT2D eigenvalue weighted by Crippen LogP contribution is -2.33. The molecule has 0 amide bonds. The highest BCUT2D eigenvalue weighted by atomic mass is 15.2. The SMILES string of the molecule is CC1NCCC1CN(C)C1CC1. The van der Waals surface area contributed by atoms with Crippen molar-refractivity contribution in [3.8, 4) is 0 Å². The van der Waals surface area contributed by atoms with Crippen LogP contribution in [0.4, 0.5) is 0 Å². The van der Waals surface area contributed by atoms with Crippen LogP contribution in [0.3, 0.4) is 0 Å². The van der Waals surface area contributed by atoms with Crippen LogP contribution in [0, 0.1) is 5.92 Å². The summed E-state index contributed by atoms with van der Waals surface area (Å²) in [7, 11) is 2.28. The third-order valence-corrected chi connectivity index (χ3v) is 3.38. The number of nitrogens with zero attached hydrogens (tertiary/aromatic N) is 1. The minimum atomic E-state index is 0.742. The minimum Gasteiger partial charge on any atom is -0.314 e. The molecule has 2 fully saturated rings. The third kappa shape index (κ3) is 1.80. The van der Waals surface area contributed by atoms with E-state index in [1.54, 1.807) is 0 Å². The van der Waals surface area contributed by atoms with Crippen LogP contribution in [-0.4, -0.2) is 37.1 Å². The second-order valence-corrected chi connectivity index (χ2v) is 4.46. The van der Waals surface area contributed by atoms with E-state index in [2.05, 4.69) is 24.2 Å². The summed E-state index contributed by atoms with van der Waals surface area (Å²) in [6.45, 7) is 4.85. The molecule has 0 bridgehead atoms. The molecule has 0 aromatic carbocycles. The summed E-state index contributed by atoms with van der Waals surface area (Å²) in [6, 6.07) is 1.67. The third-order valence-electron chi connectivity index (χ3n) is 3.38. The fraction of sp³-hybridized carbons (Fsp3) is 1.00. The zero-order chi connectivity index (χ0) is 8.55. The number of hydrogen-bond donors (Lipinski definition) is 1. The second-order valence-electron chi connectivity index (χ2n) is 4.46. The van der Waals surface area contributed by atoms with Crippen LogP contribution in [-0.2, 0) is 0 Å². The van der Waals surface area contributed by atoms with Crippen LogP contribution < -0.4 is 5.32 Å². The standard InChI is InChI=1S/C10H20N2/c1-8-9(5-6-11-8)7-12(2)10-3-4-10/h8-11H,3-7H2,1-2H3.